The van der Waals surface area contributed by atoms with Crippen LogP contribution in [0.3, 0.4) is 0 Å². The van der Waals surface area contributed by atoms with Gasteiger partial charge in [-0.3, -0.25) is 4.99 Å². The second-order valence-corrected chi connectivity index (χ2v) is 6.43. The van der Waals surface area contributed by atoms with Crippen molar-refractivity contribution in [3.63, 3.8) is 0 Å². The highest BCUT2D eigenvalue weighted by Gasteiger charge is 2.20. The third kappa shape index (κ3) is 3.88. The van der Waals surface area contributed by atoms with Gasteiger partial charge in [-0.2, -0.15) is 0 Å². The van der Waals surface area contributed by atoms with Gasteiger partial charge in [0.15, 0.2) is 5.17 Å². The number of nitrogens with one attached hydrogen (secondary N) is 1. The van der Waals surface area contributed by atoms with Crippen molar-refractivity contribution in [3.8, 4) is 0 Å². The molecule has 4 heteroatoms. The molecule has 1 saturated carbocycles. The minimum Gasteiger partial charge on any atom is -0.364 e. The summed E-state index contributed by atoms with van der Waals surface area (Å²) in [6, 6.07) is 0.832. The van der Waals surface area contributed by atoms with Crippen LogP contribution in [0, 0.1) is 0 Å². The van der Waals surface area contributed by atoms with E-state index in [1.54, 1.807) is 0 Å². The van der Waals surface area contributed by atoms with Crippen molar-refractivity contribution < 1.29 is 0 Å². The third-order valence-corrected chi connectivity index (χ3v) is 5.17. The van der Waals surface area contributed by atoms with E-state index in [0.717, 1.165) is 30.8 Å². The summed E-state index contributed by atoms with van der Waals surface area (Å²) in [5.41, 5.74) is 0. The molecule has 1 aliphatic carbocycles. The van der Waals surface area contributed by atoms with Crippen molar-refractivity contribution in [2.24, 2.45) is 4.99 Å². The van der Waals surface area contributed by atoms with E-state index < -0.39 is 0 Å². The van der Waals surface area contributed by atoms with Gasteiger partial charge in [-0.1, -0.05) is 31.5 Å². The van der Waals surface area contributed by atoms with Crippen LogP contribution in [0.2, 0.25) is 0 Å². The van der Waals surface area contributed by atoms with Gasteiger partial charge >= 0.3 is 0 Å². The fourth-order valence-corrected chi connectivity index (χ4v) is 3.56. The summed E-state index contributed by atoms with van der Waals surface area (Å²) in [5.74, 6) is 0. The Morgan fingerprint density at radius 3 is 2.82 bits per heavy atom. The molecule has 0 aromatic carbocycles. The van der Waals surface area contributed by atoms with Crippen LogP contribution in [0.5, 0.6) is 0 Å². The van der Waals surface area contributed by atoms with E-state index in [4.69, 9.17) is 0 Å². The van der Waals surface area contributed by atoms with Crippen LogP contribution in [0.15, 0.2) is 4.99 Å². The van der Waals surface area contributed by atoms with E-state index in [1.807, 2.05) is 11.8 Å². The number of hydrogen-bond acceptors (Lipinski definition) is 4. The van der Waals surface area contributed by atoms with Gasteiger partial charge in [0, 0.05) is 24.4 Å². The Morgan fingerprint density at radius 1 is 1.41 bits per heavy atom. The first-order valence-electron chi connectivity index (χ1n) is 6.94. The molecule has 0 aromatic heterocycles. The van der Waals surface area contributed by atoms with Gasteiger partial charge in [-0.25, -0.2) is 0 Å². The Balaban J connectivity index is 1.59. The molecular weight excluding hydrogens is 230 g/mol. The highest BCUT2D eigenvalue weighted by molar-refractivity contribution is 8.14. The molecule has 1 fully saturated rings. The predicted molar refractivity (Wildman–Crippen MR) is 76.9 cm³/mol. The number of hydrogen-bond donors (Lipinski definition) is 1. The lowest BCUT2D eigenvalue weighted by atomic mass is 10.2. The van der Waals surface area contributed by atoms with Gasteiger partial charge in [0.1, 0.15) is 0 Å². The van der Waals surface area contributed by atoms with Crippen molar-refractivity contribution in [2.45, 2.75) is 50.3 Å². The summed E-state index contributed by atoms with van der Waals surface area (Å²) in [4.78, 5) is 7.04. The van der Waals surface area contributed by atoms with Crippen molar-refractivity contribution in [3.05, 3.63) is 0 Å². The van der Waals surface area contributed by atoms with Crippen molar-refractivity contribution in [1.82, 2.24) is 10.2 Å². The topological polar surface area (TPSA) is 27.6 Å². The lowest BCUT2D eigenvalue weighted by Gasteiger charge is -2.24. The first kappa shape index (κ1) is 13.2. The molecule has 0 radical (unpaired) electrons. The summed E-state index contributed by atoms with van der Waals surface area (Å²) in [5, 5.41) is 5.35. The quantitative estimate of drug-likeness (QED) is 0.817. The maximum Gasteiger partial charge on any atom is 0.156 e. The summed E-state index contributed by atoms with van der Waals surface area (Å²) in [6.07, 6.45) is 6.85. The van der Waals surface area contributed by atoms with Crippen molar-refractivity contribution in [1.29, 1.82) is 0 Å². The highest BCUT2D eigenvalue weighted by Crippen LogP contribution is 2.23. The Bertz CT molecular complexity index is 261. The number of amidine groups is 1. The van der Waals surface area contributed by atoms with Gasteiger partial charge in [-0.15, -0.1) is 0 Å². The molecule has 0 aromatic rings. The standard InChI is InChI=1S/C13H25N3S/c1-3-12-10-15-13(17-12)14-8-9-16(2)11-6-4-5-7-11/h11-12H,3-10H2,1-2H3,(H,14,15). The van der Waals surface area contributed by atoms with E-state index >= 15 is 0 Å². The van der Waals surface area contributed by atoms with Crippen LogP contribution in [-0.4, -0.2) is 48.0 Å². The van der Waals surface area contributed by atoms with Crippen molar-refractivity contribution >= 4 is 16.9 Å². The minimum absolute atomic E-state index is 0.713. The van der Waals surface area contributed by atoms with E-state index in [9.17, 15) is 0 Å². The number of rotatable bonds is 5. The van der Waals surface area contributed by atoms with Crippen molar-refractivity contribution in [2.75, 3.05) is 26.7 Å². The third-order valence-electron chi connectivity index (χ3n) is 3.86. The molecule has 3 nitrogen and oxygen atoms in total. The first-order valence-corrected chi connectivity index (χ1v) is 7.82. The molecule has 1 N–H and O–H groups in total. The Morgan fingerprint density at radius 2 is 2.18 bits per heavy atom. The zero-order valence-electron chi connectivity index (χ0n) is 11.1. The largest absolute Gasteiger partial charge is 0.364 e. The smallest absolute Gasteiger partial charge is 0.156 e. The highest BCUT2D eigenvalue weighted by atomic mass is 32.2. The average molecular weight is 255 g/mol. The summed E-state index contributed by atoms with van der Waals surface area (Å²) >= 11 is 1.91. The molecule has 0 spiro atoms. The normalized spacial score (nSPS) is 25.6. The minimum atomic E-state index is 0.713. The van der Waals surface area contributed by atoms with Gasteiger partial charge < -0.3 is 10.2 Å². The van der Waals surface area contributed by atoms with E-state index in [-0.39, 0.29) is 0 Å². The summed E-state index contributed by atoms with van der Waals surface area (Å²) < 4.78 is 0. The van der Waals surface area contributed by atoms with Crippen LogP contribution < -0.4 is 5.32 Å². The van der Waals surface area contributed by atoms with Gasteiger partial charge in [0.05, 0.1) is 6.54 Å². The molecule has 1 heterocycles. The van der Waals surface area contributed by atoms with Gasteiger partial charge in [0.2, 0.25) is 0 Å². The van der Waals surface area contributed by atoms with Gasteiger partial charge in [0.25, 0.3) is 0 Å². The summed E-state index contributed by atoms with van der Waals surface area (Å²) in [7, 11) is 2.26. The fourth-order valence-electron chi connectivity index (χ4n) is 2.59. The van der Waals surface area contributed by atoms with E-state index in [2.05, 4.69) is 29.2 Å². The molecule has 2 rings (SSSR count). The van der Waals surface area contributed by atoms with Crippen LogP contribution in [0.4, 0.5) is 0 Å². The lowest BCUT2D eigenvalue weighted by Crippen LogP contribution is -2.36. The molecule has 1 aliphatic heterocycles. The number of aliphatic imine (C=N–C) groups is 1. The van der Waals surface area contributed by atoms with E-state index in [0.29, 0.717) is 5.25 Å². The Kier molecular flexibility index (Phi) is 5.16. The monoisotopic (exact) mass is 255 g/mol. The Hall–Kier alpha value is -0.220. The molecule has 2 aliphatic rings. The van der Waals surface area contributed by atoms with Gasteiger partial charge in [-0.05, 0) is 26.3 Å². The maximum absolute atomic E-state index is 4.53. The summed E-state index contributed by atoms with van der Waals surface area (Å²) in [6.45, 7) is 5.42. The predicted octanol–water partition coefficient (Wildman–Crippen LogP) is 2.33. The van der Waals surface area contributed by atoms with Crippen LogP contribution >= 0.6 is 11.8 Å². The Labute approximate surface area is 109 Å². The van der Waals surface area contributed by atoms with Crippen LogP contribution in [0.25, 0.3) is 0 Å². The number of nitrogens with zero attached hydrogens (tertiary/aromatic N) is 2. The van der Waals surface area contributed by atoms with Crippen LogP contribution in [-0.2, 0) is 0 Å². The zero-order valence-corrected chi connectivity index (χ0v) is 11.9. The number of thioether (sulfide) groups is 1. The molecule has 98 valence electrons. The van der Waals surface area contributed by atoms with E-state index in [1.165, 1.54) is 32.1 Å². The fraction of sp³-hybridized carbons (Fsp3) is 0.923. The molecule has 1 unspecified atom stereocenters. The molecular formula is C13H25N3S. The SMILES string of the molecule is CCC1CN=C(NCCN(C)C2CCCC2)S1. The molecule has 0 bridgehead atoms. The molecule has 0 amide bonds. The number of likely N-dealkylation sites (N-methyl/N-ethyl adjacent to an activating group) is 1. The lowest BCUT2D eigenvalue weighted by molar-refractivity contribution is 0.249. The second-order valence-electron chi connectivity index (χ2n) is 5.14. The maximum atomic E-state index is 4.53. The van der Waals surface area contributed by atoms with Crippen LogP contribution in [0.1, 0.15) is 39.0 Å². The zero-order chi connectivity index (χ0) is 12.1. The molecule has 17 heavy (non-hydrogen) atoms. The second kappa shape index (κ2) is 6.64. The first-order chi connectivity index (χ1) is 8.29. The average Bonchev–Trinajstić information content (AvgIpc) is 3.00. The molecule has 1 atom stereocenters. The molecule has 0 saturated heterocycles.